The summed E-state index contributed by atoms with van der Waals surface area (Å²) in [5.74, 6) is -0.697. The predicted octanol–water partition coefficient (Wildman–Crippen LogP) is 4.51. The highest BCUT2D eigenvalue weighted by molar-refractivity contribution is 6.39. The molecule has 2 aromatic rings. The summed E-state index contributed by atoms with van der Waals surface area (Å²) in [4.78, 5) is 0. The van der Waals surface area contributed by atoms with E-state index < -0.39 is 5.82 Å². The van der Waals surface area contributed by atoms with Crippen LogP contribution in [0.25, 0.3) is 11.1 Å². The van der Waals surface area contributed by atoms with Crippen LogP contribution in [0.3, 0.4) is 0 Å². The average molecular weight is 257 g/mol. The van der Waals surface area contributed by atoms with Gasteiger partial charge in [0.05, 0.1) is 0 Å². The van der Waals surface area contributed by atoms with Crippen molar-refractivity contribution in [3.05, 3.63) is 52.3 Å². The highest BCUT2D eigenvalue weighted by Gasteiger charge is 2.10. The molecule has 1 nitrogen and oxygen atoms in total. The van der Waals surface area contributed by atoms with Gasteiger partial charge in [-0.3, -0.25) is 0 Å². The standard InChI is InChI=1S/C12H7Cl2FO/c13-10-2-1-3-11(14)12(10)7-4-8(15)6-9(16)5-7/h1-6,16H. The minimum absolute atomic E-state index is 0.161. The van der Waals surface area contributed by atoms with E-state index in [9.17, 15) is 9.50 Å². The molecule has 0 aliphatic carbocycles. The van der Waals surface area contributed by atoms with Crippen LogP contribution in [0.1, 0.15) is 0 Å². The van der Waals surface area contributed by atoms with E-state index in [4.69, 9.17) is 23.2 Å². The van der Waals surface area contributed by atoms with Crippen LogP contribution in [0.4, 0.5) is 4.39 Å². The topological polar surface area (TPSA) is 20.2 Å². The molecule has 16 heavy (non-hydrogen) atoms. The van der Waals surface area contributed by atoms with E-state index in [2.05, 4.69) is 0 Å². The first-order chi connectivity index (χ1) is 7.58. The zero-order valence-corrected chi connectivity index (χ0v) is 9.56. The Hall–Kier alpha value is -1.25. The summed E-state index contributed by atoms with van der Waals surface area (Å²) in [5.41, 5.74) is 0.966. The second-order valence-corrected chi connectivity index (χ2v) is 4.11. The lowest BCUT2D eigenvalue weighted by atomic mass is 10.1. The van der Waals surface area contributed by atoms with Gasteiger partial charge in [0.1, 0.15) is 11.6 Å². The van der Waals surface area contributed by atoms with Crippen molar-refractivity contribution in [2.45, 2.75) is 0 Å². The summed E-state index contributed by atoms with van der Waals surface area (Å²) in [6.07, 6.45) is 0. The third-order valence-corrected chi connectivity index (χ3v) is 2.76. The molecule has 0 spiro atoms. The van der Waals surface area contributed by atoms with E-state index in [1.54, 1.807) is 18.2 Å². The fraction of sp³-hybridized carbons (Fsp3) is 0. The molecule has 82 valence electrons. The number of phenols is 1. The van der Waals surface area contributed by atoms with Crippen molar-refractivity contribution in [2.75, 3.05) is 0 Å². The van der Waals surface area contributed by atoms with Crippen molar-refractivity contribution in [3.63, 3.8) is 0 Å². The quantitative estimate of drug-likeness (QED) is 0.797. The lowest BCUT2D eigenvalue weighted by molar-refractivity contribution is 0.469. The summed E-state index contributed by atoms with van der Waals surface area (Å²) in [5, 5.41) is 10.1. The molecule has 0 unspecified atom stereocenters. The maximum absolute atomic E-state index is 13.1. The van der Waals surface area contributed by atoms with Gasteiger partial charge in [0.15, 0.2) is 0 Å². The number of phenolic OH excluding ortho intramolecular Hbond substituents is 1. The highest BCUT2D eigenvalue weighted by Crippen LogP contribution is 2.36. The van der Waals surface area contributed by atoms with Crippen LogP contribution in [-0.2, 0) is 0 Å². The summed E-state index contributed by atoms with van der Waals surface area (Å²) in [7, 11) is 0. The van der Waals surface area contributed by atoms with Gasteiger partial charge in [-0.05, 0) is 29.8 Å². The molecular formula is C12H7Cl2FO. The van der Waals surface area contributed by atoms with Crippen LogP contribution in [0, 0.1) is 5.82 Å². The molecule has 0 aliphatic rings. The largest absolute Gasteiger partial charge is 0.508 e. The molecule has 0 heterocycles. The van der Waals surface area contributed by atoms with E-state index >= 15 is 0 Å². The first-order valence-electron chi connectivity index (χ1n) is 4.52. The van der Waals surface area contributed by atoms with E-state index in [-0.39, 0.29) is 5.75 Å². The maximum atomic E-state index is 13.1. The molecule has 4 heteroatoms. The Bertz CT molecular complexity index is 500. The fourth-order valence-electron chi connectivity index (χ4n) is 1.49. The number of aromatic hydroxyl groups is 1. The van der Waals surface area contributed by atoms with Crippen molar-refractivity contribution >= 4 is 23.2 Å². The Balaban J connectivity index is 2.67. The first-order valence-corrected chi connectivity index (χ1v) is 5.27. The van der Waals surface area contributed by atoms with Crippen molar-refractivity contribution in [3.8, 4) is 16.9 Å². The van der Waals surface area contributed by atoms with Crippen LogP contribution in [0.5, 0.6) is 5.75 Å². The van der Waals surface area contributed by atoms with Gasteiger partial charge in [-0.1, -0.05) is 29.3 Å². The van der Waals surface area contributed by atoms with E-state index in [1.807, 2.05) is 0 Å². The molecule has 0 saturated carbocycles. The second-order valence-electron chi connectivity index (χ2n) is 3.29. The van der Waals surface area contributed by atoms with Crippen LogP contribution >= 0.6 is 23.2 Å². The van der Waals surface area contributed by atoms with Gasteiger partial charge in [0.25, 0.3) is 0 Å². The molecule has 0 amide bonds. The van der Waals surface area contributed by atoms with Crippen molar-refractivity contribution in [1.29, 1.82) is 0 Å². The second kappa shape index (κ2) is 4.32. The van der Waals surface area contributed by atoms with Crippen LogP contribution in [0.2, 0.25) is 10.0 Å². The lowest BCUT2D eigenvalue weighted by Crippen LogP contribution is -1.83. The Morgan fingerprint density at radius 2 is 1.62 bits per heavy atom. The molecular weight excluding hydrogens is 250 g/mol. The number of hydrogen-bond acceptors (Lipinski definition) is 1. The molecule has 0 saturated heterocycles. The Kier molecular flexibility index (Phi) is 3.03. The van der Waals surface area contributed by atoms with Crippen molar-refractivity contribution < 1.29 is 9.50 Å². The Labute approximate surface area is 102 Å². The molecule has 1 N–H and O–H groups in total. The zero-order valence-electron chi connectivity index (χ0n) is 8.05. The minimum atomic E-state index is -0.536. The number of halogens is 3. The van der Waals surface area contributed by atoms with Gasteiger partial charge in [-0.15, -0.1) is 0 Å². The molecule has 2 aromatic carbocycles. The third-order valence-electron chi connectivity index (χ3n) is 2.13. The van der Waals surface area contributed by atoms with Gasteiger partial charge in [0.2, 0.25) is 0 Å². The van der Waals surface area contributed by atoms with E-state index in [0.29, 0.717) is 21.2 Å². The minimum Gasteiger partial charge on any atom is -0.508 e. The van der Waals surface area contributed by atoms with Gasteiger partial charge < -0.3 is 5.11 Å². The monoisotopic (exact) mass is 256 g/mol. The normalized spacial score (nSPS) is 10.4. The molecule has 0 aromatic heterocycles. The van der Waals surface area contributed by atoms with Gasteiger partial charge in [-0.2, -0.15) is 0 Å². The number of hydrogen-bond donors (Lipinski definition) is 1. The fourth-order valence-corrected chi connectivity index (χ4v) is 2.11. The molecule has 0 atom stereocenters. The van der Waals surface area contributed by atoms with Crippen LogP contribution < -0.4 is 0 Å². The highest BCUT2D eigenvalue weighted by atomic mass is 35.5. The summed E-state index contributed by atoms with van der Waals surface area (Å²) in [6.45, 7) is 0. The number of benzene rings is 2. The SMILES string of the molecule is Oc1cc(F)cc(-c2c(Cl)cccc2Cl)c1. The number of rotatable bonds is 1. The van der Waals surface area contributed by atoms with Crippen LogP contribution in [-0.4, -0.2) is 5.11 Å². The maximum Gasteiger partial charge on any atom is 0.127 e. The van der Waals surface area contributed by atoms with Gasteiger partial charge >= 0.3 is 0 Å². The zero-order chi connectivity index (χ0) is 11.7. The molecule has 0 aliphatic heterocycles. The van der Waals surface area contributed by atoms with E-state index in [1.165, 1.54) is 12.1 Å². The van der Waals surface area contributed by atoms with E-state index in [0.717, 1.165) is 6.07 Å². The molecule has 0 fully saturated rings. The summed E-state index contributed by atoms with van der Waals surface area (Å²) in [6, 6.07) is 8.72. The van der Waals surface area contributed by atoms with Crippen LogP contribution in [0.15, 0.2) is 36.4 Å². The van der Waals surface area contributed by atoms with Crippen molar-refractivity contribution in [1.82, 2.24) is 0 Å². The molecule has 2 rings (SSSR count). The predicted molar refractivity (Wildman–Crippen MR) is 63.5 cm³/mol. The molecule has 0 radical (unpaired) electrons. The lowest BCUT2D eigenvalue weighted by Gasteiger charge is -2.07. The Morgan fingerprint density at radius 1 is 1.00 bits per heavy atom. The van der Waals surface area contributed by atoms with Crippen molar-refractivity contribution in [2.24, 2.45) is 0 Å². The molecule has 0 bridgehead atoms. The smallest absolute Gasteiger partial charge is 0.127 e. The Morgan fingerprint density at radius 3 is 2.19 bits per heavy atom. The van der Waals surface area contributed by atoms with Gasteiger partial charge in [-0.25, -0.2) is 4.39 Å². The van der Waals surface area contributed by atoms with Gasteiger partial charge in [0, 0.05) is 21.7 Å². The summed E-state index contributed by atoms with van der Waals surface area (Å²) >= 11 is 12.0. The summed E-state index contributed by atoms with van der Waals surface area (Å²) < 4.78 is 13.1. The third kappa shape index (κ3) is 2.13. The average Bonchev–Trinajstić information content (AvgIpc) is 2.15. The first kappa shape index (κ1) is 11.2.